The molecule has 0 aromatic rings. The summed E-state index contributed by atoms with van der Waals surface area (Å²) in [4.78, 5) is 14.5. The van der Waals surface area contributed by atoms with Crippen LogP contribution in [-0.2, 0) is 9.53 Å². The number of halogens is 1. The molecule has 3 unspecified atom stereocenters. The molecule has 0 saturated carbocycles. The summed E-state index contributed by atoms with van der Waals surface area (Å²) in [6.45, 7) is 8.76. The number of piperidine rings is 1. The fourth-order valence-corrected chi connectivity index (χ4v) is 3.25. The molecule has 20 heavy (non-hydrogen) atoms. The molecule has 2 rings (SSSR count). The average Bonchev–Trinajstić information content (AvgIpc) is 2.48. The van der Waals surface area contributed by atoms with Crippen molar-refractivity contribution in [3.8, 4) is 0 Å². The van der Waals surface area contributed by atoms with Gasteiger partial charge < -0.3 is 15.0 Å². The number of carbonyl (C=O) groups excluding carboxylic acids is 1. The number of rotatable bonds is 4. The fourth-order valence-electron chi connectivity index (χ4n) is 3.25. The zero-order valence-corrected chi connectivity index (χ0v) is 13.6. The van der Waals surface area contributed by atoms with E-state index in [2.05, 4.69) is 24.1 Å². The zero-order chi connectivity index (χ0) is 13.7. The molecular weight excluding hydrogens is 276 g/mol. The first-order valence-corrected chi connectivity index (χ1v) is 7.80. The number of carbonyl (C=O) groups is 1. The maximum absolute atomic E-state index is 12.5. The fraction of sp³-hybridized carbons (Fsp3) is 0.933. The maximum atomic E-state index is 12.5. The minimum atomic E-state index is 0. The molecule has 0 radical (unpaired) electrons. The van der Waals surface area contributed by atoms with E-state index in [4.69, 9.17) is 4.74 Å². The van der Waals surface area contributed by atoms with E-state index in [0.717, 1.165) is 26.1 Å². The van der Waals surface area contributed by atoms with E-state index in [1.807, 2.05) is 0 Å². The number of amides is 1. The lowest BCUT2D eigenvalue weighted by Crippen LogP contribution is -2.49. The number of ether oxygens (including phenoxy) is 1. The largest absolute Gasteiger partial charge is 0.377 e. The molecule has 5 heteroatoms. The number of hydrogen-bond acceptors (Lipinski definition) is 3. The SMILES string of the molecule is CCC1COCCN1C(=O)CC(C)C1CCCNC1.Cl. The van der Waals surface area contributed by atoms with Crippen molar-refractivity contribution < 1.29 is 9.53 Å². The van der Waals surface area contributed by atoms with Crippen LogP contribution in [-0.4, -0.2) is 49.7 Å². The maximum Gasteiger partial charge on any atom is 0.223 e. The van der Waals surface area contributed by atoms with Crippen molar-refractivity contribution in [2.45, 2.75) is 45.6 Å². The van der Waals surface area contributed by atoms with Crippen molar-refractivity contribution in [1.82, 2.24) is 10.2 Å². The molecule has 2 fully saturated rings. The Balaban J connectivity index is 0.00000200. The molecule has 0 bridgehead atoms. The molecule has 1 amide bonds. The monoisotopic (exact) mass is 304 g/mol. The van der Waals surface area contributed by atoms with Crippen LogP contribution < -0.4 is 5.32 Å². The molecule has 0 aromatic carbocycles. The summed E-state index contributed by atoms with van der Waals surface area (Å²) in [6, 6.07) is 0.290. The van der Waals surface area contributed by atoms with E-state index in [1.165, 1.54) is 12.8 Å². The molecule has 2 aliphatic rings. The zero-order valence-electron chi connectivity index (χ0n) is 12.8. The topological polar surface area (TPSA) is 41.6 Å². The highest BCUT2D eigenvalue weighted by Gasteiger charge is 2.29. The van der Waals surface area contributed by atoms with Crippen LogP contribution in [0.5, 0.6) is 0 Å². The highest BCUT2D eigenvalue weighted by Crippen LogP contribution is 2.24. The Morgan fingerprint density at radius 1 is 1.50 bits per heavy atom. The number of nitrogens with zero attached hydrogens (tertiary/aromatic N) is 1. The Kier molecular flexibility index (Phi) is 7.85. The first kappa shape index (κ1) is 17.7. The minimum absolute atomic E-state index is 0. The predicted octanol–water partition coefficient (Wildman–Crippen LogP) is 2.07. The van der Waals surface area contributed by atoms with Crippen molar-refractivity contribution >= 4 is 18.3 Å². The summed E-state index contributed by atoms with van der Waals surface area (Å²) in [7, 11) is 0. The van der Waals surface area contributed by atoms with Crippen LogP contribution in [0, 0.1) is 11.8 Å². The second-order valence-corrected chi connectivity index (χ2v) is 6.01. The molecule has 0 aromatic heterocycles. The summed E-state index contributed by atoms with van der Waals surface area (Å²) in [5.41, 5.74) is 0. The van der Waals surface area contributed by atoms with E-state index in [1.54, 1.807) is 0 Å². The van der Waals surface area contributed by atoms with Crippen LogP contribution in [0.3, 0.4) is 0 Å². The van der Waals surface area contributed by atoms with Crippen molar-refractivity contribution in [3.05, 3.63) is 0 Å². The lowest BCUT2D eigenvalue weighted by atomic mass is 9.85. The van der Waals surface area contributed by atoms with Crippen LogP contribution >= 0.6 is 12.4 Å². The lowest BCUT2D eigenvalue weighted by Gasteiger charge is -2.37. The van der Waals surface area contributed by atoms with Gasteiger partial charge in [0.05, 0.1) is 19.3 Å². The Morgan fingerprint density at radius 2 is 2.30 bits per heavy atom. The van der Waals surface area contributed by atoms with E-state index >= 15 is 0 Å². The predicted molar refractivity (Wildman–Crippen MR) is 83.2 cm³/mol. The molecule has 2 saturated heterocycles. The molecule has 2 heterocycles. The van der Waals surface area contributed by atoms with Crippen LogP contribution in [0.4, 0.5) is 0 Å². The van der Waals surface area contributed by atoms with Gasteiger partial charge in [-0.15, -0.1) is 12.4 Å². The minimum Gasteiger partial charge on any atom is -0.377 e. The van der Waals surface area contributed by atoms with E-state index in [9.17, 15) is 4.79 Å². The molecule has 2 aliphatic heterocycles. The number of hydrogen-bond donors (Lipinski definition) is 1. The third-order valence-corrected chi connectivity index (χ3v) is 4.66. The summed E-state index contributed by atoms with van der Waals surface area (Å²) in [6.07, 6.45) is 4.20. The van der Waals surface area contributed by atoms with Gasteiger partial charge in [0.25, 0.3) is 0 Å². The van der Waals surface area contributed by atoms with Crippen molar-refractivity contribution in [1.29, 1.82) is 0 Å². The van der Waals surface area contributed by atoms with Gasteiger partial charge in [0.15, 0.2) is 0 Å². The molecule has 0 spiro atoms. The first-order chi connectivity index (χ1) is 9.22. The first-order valence-electron chi connectivity index (χ1n) is 7.80. The van der Waals surface area contributed by atoms with Crippen LogP contribution in [0.25, 0.3) is 0 Å². The quantitative estimate of drug-likeness (QED) is 0.864. The van der Waals surface area contributed by atoms with Crippen LogP contribution in [0.2, 0.25) is 0 Å². The third-order valence-electron chi connectivity index (χ3n) is 4.66. The molecule has 118 valence electrons. The lowest BCUT2D eigenvalue weighted by molar-refractivity contribution is -0.141. The number of nitrogens with one attached hydrogen (secondary N) is 1. The van der Waals surface area contributed by atoms with E-state index in [-0.39, 0.29) is 18.4 Å². The van der Waals surface area contributed by atoms with Crippen LogP contribution in [0.1, 0.15) is 39.5 Å². The van der Waals surface area contributed by atoms with Crippen molar-refractivity contribution in [2.75, 3.05) is 32.8 Å². The summed E-state index contributed by atoms with van der Waals surface area (Å²) in [5.74, 6) is 1.48. The Hall–Kier alpha value is -0.320. The summed E-state index contributed by atoms with van der Waals surface area (Å²) >= 11 is 0. The van der Waals surface area contributed by atoms with Crippen molar-refractivity contribution in [2.24, 2.45) is 11.8 Å². The Bertz CT molecular complexity index is 296. The van der Waals surface area contributed by atoms with Gasteiger partial charge in [0.1, 0.15) is 0 Å². The van der Waals surface area contributed by atoms with Crippen LogP contribution in [0.15, 0.2) is 0 Å². The van der Waals surface area contributed by atoms with Gasteiger partial charge in [-0.3, -0.25) is 4.79 Å². The van der Waals surface area contributed by atoms with Gasteiger partial charge in [-0.2, -0.15) is 0 Å². The van der Waals surface area contributed by atoms with E-state index < -0.39 is 0 Å². The van der Waals surface area contributed by atoms with Gasteiger partial charge in [0.2, 0.25) is 5.91 Å². The third kappa shape index (κ3) is 4.61. The van der Waals surface area contributed by atoms with Gasteiger partial charge in [0, 0.05) is 13.0 Å². The summed E-state index contributed by atoms with van der Waals surface area (Å²) < 4.78 is 5.47. The van der Waals surface area contributed by atoms with Crippen molar-refractivity contribution in [3.63, 3.8) is 0 Å². The Labute approximate surface area is 129 Å². The highest BCUT2D eigenvalue weighted by atomic mass is 35.5. The molecule has 0 aliphatic carbocycles. The molecule has 4 nitrogen and oxygen atoms in total. The molecular formula is C15H29ClN2O2. The molecule has 3 atom stereocenters. The second-order valence-electron chi connectivity index (χ2n) is 6.01. The Morgan fingerprint density at radius 3 is 2.95 bits per heavy atom. The smallest absolute Gasteiger partial charge is 0.223 e. The van der Waals surface area contributed by atoms with E-state index in [0.29, 0.717) is 37.4 Å². The van der Waals surface area contributed by atoms with Gasteiger partial charge in [-0.05, 0) is 44.2 Å². The molecule has 1 N–H and O–H groups in total. The van der Waals surface area contributed by atoms with Gasteiger partial charge in [-0.1, -0.05) is 13.8 Å². The summed E-state index contributed by atoms with van der Waals surface area (Å²) in [5, 5.41) is 3.44. The van der Waals surface area contributed by atoms with Gasteiger partial charge in [-0.25, -0.2) is 0 Å². The highest BCUT2D eigenvalue weighted by molar-refractivity contribution is 5.85. The average molecular weight is 305 g/mol. The second kappa shape index (κ2) is 8.85. The standard InChI is InChI=1S/C15H28N2O2.ClH/c1-3-14-11-19-8-7-17(14)15(18)9-12(2)13-5-4-6-16-10-13;/h12-14,16H,3-11H2,1-2H3;1H. The van der Waals surface area contributed by atoms with Gasteiger partial charge >= 0.3 is 0 Å². The number of morpholine rings is 1. The normalized spacial score (nSPS) is 28.6.